The highest BCUT2D eigenvalue weighted by molar-refractivity contribution is 8.05. The van der Waals surface area contributed by atoms with Crippen LogP contribution in [0.5, 0.6) is 5.75 Å². The number of primary amides is 1. The molecule has 35 heavy (non-hydrogen) atoms. The number of nitrogens with two attached hydrogens (primary N) is 2. The molecule has 5 rings (SSSR count). The molecule has 1 aromatic heterocycles. The first-order valence-electron chi connectivity index (χ1n) is 11.0. The molecule has 2 aliphatic heterocycles. The van der Waals surface area contributed by atoms with E-state index in [4.69, 9.17) is 16.2 Å². The molecule has 0 aliphatic carbocycles. The monoisotopic (exact) mass is 507 g/mol. The SMILES string of the molecule is COc1ccc(NC(=O)N2CCC3=C(C2)SC(C(N)=O)(c2cc(-c4ccsc4)ccc2N)N3)cc1. The summed E-state index contributed by atoms with van der Waals surface area (Å²) in [4.78, 5) is 27.2. The number of carbonyl (C=O) groups is 2. The molecule has 0 spiro atoms. The number of thiophene rings is 1. The van der Waals surface area contributed by atoms with Crippen LogP contribution in [0.3, 0.4) is 0 Å². The van der Waals surface area contributed by atoms with Crippen molar-refractivity contribution in [1.29, 1.82) is 0 Å². The molecule has 0 radical (unpaired) electrons. The third-order valence-corrected chi connectivity index (χ3v) is 8.30. The Morgan fingerprint density at radius 1 is 1.14 bits per heavy atom. The molecule has 3 heterocycles. The van der Waals surface area contributed by atoms with E-state index in [0.717, 1.165) is 21.7 Å². The molecule has 6 N–H and O–H groups in total. The molecule has 0 saturated heterocycles. The zero-order valence-electron chi connectivity index (χ0n) is 19.0. The predicted octanol–water partition coefficient (Wildman–Crippen LogP) is 4.13. The van der Waals surface area contributed by atoms with Crippen LogP contribution in [-0.2, 0) is 9.67 Å². The molecule has 2 aliphatic rings. The van der Waals surface area contributed by atoms with Gasteiger partial charge < -0.3 is 31.7 Å². The van der Waals surface area contributed by atoms with Gasteiger partial charge in [-0.3, -0.25) is 4.79 Å². The number of anilines is 2. The highest BCUT2D eigenvalue weighted by atomic mass is 32.2. The summed E-state index contributed by atoms with van der Waals surface area (Å²) in [6, 6.07) is 14.6. The smallest absolute Gasteiger partial charge is 0.322 e. The van der Waals surface area contributed by atoms with Crippen LogP contribution in [-0.4, -0.2) is 37.0 Å². The molecule has 2 aromatic carbocycles. The lowest BCUT2D eigenvalue weighted by atomic mass is 9.97. The number of nitrogens with zero attached hydrogens (tertiary/aromatic N) is 1. The van der Waals surface area contributed by atoms with Crippen molar-refractivity contribution >= 4 is 46.4 Å². The quantitative estimate of drug-likeness (QED) is 0.385. The van der Waals surface area contributed by atoms with Crippen molar-refractivity contribution in [1.82, 2.24) is 10.2 Å². The maximum Gasteiger partial charge on any atom is 0.322 e. The summed E-state index contributed by atoms with van der Waals surface area (Å²) >= 11 is 2.94. The summed E-state index contributed by atoms with van der Waals surface area (Å²) in [5.41, 5.74) is 17.1. The van der Waals surface area contributed by atoms with E-state index in [2.05, 4.69) is 10.6 Å². The van der Waals surface area contributed by atoms with Crippen LogP contribution in [0.15, 0.2) is 69.9 Å². The minimum atomic E-state index is -1.23. The van der Waals surface area contributed by atoms with Gasteiger partial charge in [-0.05, 0) is 64.4 Å². The minimum absolute atomic E-state index is 0.210. The molecule has 1 atom stereocenters. The van der Waals surface area contributed by atoms with Crippen LogP contribution in [0.2, 0.25) is 0 Å². The van der Waals surface area contributed by atoms with E-state index < -0.39 is 10.8 Å². The molecule has 10 heteroatoms. The van der Waals surface area contributed by atoms with Gasteiger partial charge in [0.15, 0.2) is 4.87 Å². The summed E-state index contributed by atoms with van der Waals surface area (Å²) in [7, 11) is 1.60. The van der Waals surface area contributed by atoms with E-state index in [1.807, 2.05) is 29.0 Å². The maximum absolute atomic E-state index is 12.9. The van der Waals surface area contributed by atoms with Gasteiger partial charge in [-0.25, -0.2) is 4.79 Å². The topological polar surface area (TPSA) is 123 Å². The van der Waals surface area contributed by atoms with Gasteiger partial charge in [-0.15, -0.1) is 0 Å². The Morgan fingerprint density at radius 3 is 2.63 bits per heavy atom. The molecule has 0 saturated carbocycles. The van der Waals surface area contributed by atoms with Crippen LogP contribution >= 0.6 is 23.1 Å². The van der Waals surface area contributed by atoms with Gasteiger partial charge in [0.1, 0.15) is 5.75 Å². The summed E-state index contributed by atoms with van der Waals surface area (Å²) < 4.78 is 5.16. The van der Waals surface area contributed by atoms with Crippen molar-refractivity contribution in [2.75, 3.05) is 31.2 Å². The Hall–Kier alpha value is -3.63. The van der Waals surface area contributed by atoms with E-state index in [1.165, 1.54) is 11.8 Å². The van der Waals surface area contributed by atoms with Gasteiger partial charge in [-0.1, -0.05) is 17.8 Å². The Morgan fingerprint density at radius 2 is 1.94 bits per heavy atom. The second-order valence-corrected chi connectivity index (χ2v) is 10.4. The van der Waals surface area contributed by atoms with E-state index in [0.29, 0.717) is 42.2 Å². The van der Waals surface area contributed by atoms with E-state index >= 15 is 0 Å². The maximum atomic E-state index is 12.9. The lowest BCUT2D eigenvalue weighted by molar-refractivity contribution is -0.121. The molecule has 0 fully saturated rings. The fraction of sp³-hybridized carbons (Fsp3) is 0.200. The van der Waals surface area contributed by atoms with Crippen molar-refractivity contribution in [2.24, 2.45) is 5.73 Å². The number of carbonyl (C=O) groups excluding carboxylic acids is 2. The van der Waals surface area contributed by atoms with Gasteiger partial charge in [0, 0.05) is 40.5 Å². The zero-order valence-corrected chi connectivity index (χ0v) is 20.7. The molecule has 3 aromatic rings. The third-order valence-electron chi connectivity index (χ3n) is 6.17. The van der Waals surface area contributed by atoms with Crippen LogP contribution in [0.25, 0.3) is 11.1 Å². The zero-order chi connectivity index (χ0) is 24.6. The number of methoxy groups -OCH3 is 1. The molecule has 1 unspecified atom stereocenters. The molecular weight excluding hydrogens is 482 g/mol. The number of nitrogens with one attached hydrogen (secondary N) is 2. The van der Waals surface area contributed by atoms with Crippen LogP contribution in [0, 0.1) is 0 Å². The first-order valence-corrected chi connectivity index (χ1v) is 12.8. The van der Waals surface area contributed by atoms with E-state index in [-0.39, 0.29) is 6.03 Å². The van der Waals surface area contributed by atoms with Gasteiger partial charge in [-0.2, -0.15) is 11.3 Å². The second kappa shape index (κ2) is 9.20. The number of urea groups is 1. The Balaban J connectivity index is 1.36. The van der Waals surface area contributed by atoms with Crippen LogP contribution in [0.4, 0.5) is 16.2 Å². The van der Waals surface area contributed by atoms with Crippen LogP contribution in [0.1, 0.15) is 12.0 Å². The first kappa shape index (κ1) is 23.1. The largest absolute Gasteiger partial charge is 0.497 e. The van der Waals surface area contributed by atoms with Crippen molar-refractivity contribution in [3.63, 3.8) is 0 Å². The molecule has 3 amide bonds. The standard InChI is InChI=1S/C25H25N5O3S2/c1-33-18-5-3-17(4-6-18)28-24(32)30-10-8-21-22(13-30)35-25(29-21,23(27)31)19-12-15(2-7-20(19)26)16-9-11-34-14-16/h2-7,9,11-12,14,29H,8,10,13,26H2,1H3,(H2,27,31)(H,28,32). The summed E-state index contributed by atoms with van der Waals surface area (Å²) in [5.74, 6) is 0.189. The van der Waals surface area contributed by atoms with Gasteiger partial charge in [0.05, 0.1) is 13.7 Å². The Bertz CT molecular complexity index is 1310. The number of hydrogen-bond acceptors (Lipinski definition) is 7. The fourth-order valence-corrected chi connectivity index (χ4v) is 6.36. The first-order chi connectivity index (χ1) is 16.9. The van der Waals surface area contributed by atoms with Crippen molar-refractivity contribution in [3.05, 3.63) is 75.5 Å². The Kier molecular flexibility index (Phi) is 6.08. The number of benzene rings is 2. The number of thioether (sulfide) groups is 1. The van der Waals surface area contributed by atoms with Gasteiger partial charge in [0.25, 0.3) is 5.91 Å². The average molecular weight is 508 g/mol. The average Bonchev–Trinajstić information content (AvgIpc) is 3.53. The molecule has 180 valence electrons. The van der Waals surface area contributed by atoms with Crippen molar-refractivity contribution < 1.29 is 14.3 Å². The number of amides is 3. The lowest BCUT2D eigenvalue weighted by Gasteiger charge is -2.29. The second-order valence-electron chi connectivity index (χ2n) is 8.32. The number of nitrogen functional groups attached to an aromatic ring is 1. The molecule has 8 nitrogen and oxygen atoms in total. The third kappa shape index (κ3) is 4.30. The normalized spacial score (nSPS) is 19.2. The van der Waals surface area contributed by atoms with E-state index in [9.17, 15) is 9.59 Å². The fourth-order valence-electron chi connectivity index (χ4n) is 4.27. The number of ether oxygens (including phenoxy) is 1. The van der Waals surface area contributed by atoms with Crippen molar-refractivity contribution in [2.45, 2.75) is 11.3 Å². The van der Waals surface area contributed by atoms with Crippen molar-refractivity contribution in [3.8, 4) is 16.9 Å². The van der Waals surface area contributed by atoms with Crippen LogP contribution < -0.4 is 26.8 Å². The van der Waals surface area contributed by atoms with Gasteiger partial charge >= 0.3 is 6.03 Å². The van der Waals surface area contributed by atoms with Gasteiger partial charge in [0.2, 0.25) is 0 Å². The lowest BCUT2D eigenvalue weighted by Crippen LogP contribution is -2.47. The Labute approximate surface area is 211 Å². The molecule has 0 bridgehead atoms. The number of rotatable bonds is 5. The highest BCUT2D eigenvalue weighted by Crippen LogP contribution is 2.50. The minimum Gasteiger partial charge on any atom is -0.497 e. The highest BCUT2D eigenvalue weighted by Gasteiger charge is 2.48. The summed E-state index contributed by atoms with van der Waals surface area (Å²) in [6.45, 7) is 0.877. The summed E-state index contributed by atoms with van der Waals surface area (Å²) in [5, 5.41) is 10.3. The van der Waals surface area contributed by atoms with E-state index in [1.54, 1.807) is 53.7 Å². The summed E-state index contributed by atoms with van der Waals surface area (Å²) in [6.07, 6.45) is 0.581. The number of hydrogen-bond donors (Lipinski definition) is 4. The molecular formula is C25H25N5O3S2. The predicted molar refractivity (Wildman–Crippen MR) is 141 cm³/mol.